The number of aromatic nitrogens is 2. The molecule has 1 aromatic heterocycles. The van der Waals surface area contributed by atoms with Crippen LogP contribution in [0.5, 0.6) is 0 Å². The lowest BCUT2D eigenvalue weighted by atomic mass is 10.1. The molecule has 0 bridgehead atoms. The Bertz CT molecular complexity index is 1410. The van der Waals surface area contributed by atoms with Gasteiger partial charge in [0.25, 0.3) is 0 Å². The van der Waals surface area contributed by atoms with Crippen LogP contribution in [0.3, 0.4) is 0 Å². The van der Waals surface area contributed by atoms with Crippen molar-refractivity contribution in [1.82, 2.24) is 9.71 Å². The molecule has 34 heavy (non-hydrogen) atoms. The van der Waals surface area contributed by atoms with Gasteiger partial charge in [0.1, 0.15) is 11.4 Å². The van der Waals surface area contributed by atoms with Crippen LogP contribution in [0, 0.1) is 0 Å². The lowest BCUT2D eigenvalue weighted by molar-refractivity contribution is 0.0476. The lowest BCUT2D eigenvalue weighted by Crippen LogP contribution is -2.21. The zero-order valence-electron chi connectivity index (χ0n) is 18.7. The fourth-order valence-corrected chi connectivity index (χ4v) is 3.85. The summed E-state index contributed by atoms with van der Waals surface area (Å²) in [6.45, 7) is 0. The van der Waals surface area contributed by atoms with Crippen LogP contribution < -0.4 is 10.2 Å². The summed E-state index contributed by atoms with van der Waals surface area (Å²) in [5.74, 6) is 0.0832. The van der Waals surface area contributed by atoms with Crippen LogP contribution in [0.1, 0.15) is 10.4 Å². The van der Waals surface area contributed by atoms with Crippen molar-refractivity contribution >= 4 is 11.7 Å². The zero-order chi connectivity index (χ0) is 23.3. The first-order valence-corrected chi connectivity index (χ1v) is 11.0. The molecule has 4 aromatic carbocycles. The minimum absolute atomic E-state index is 0.458. The Kier molecular flexibility index (Phi) is 5.91. The largest absolute Gasteiger partial charge is 0.388 e. The van der Waals surface area contributed by atoms with E-state index in [0.717, 1.165) is 28.1 Å². The van der Waals surface area contributed by atoms with Gasteiger partial charge in [-0.3, -0.25) is 0 Å². The van der Waals surface area contributed by atoms with Crippen molar-refractivity contribution in [1.29, 1.82) is 0 Å². The highest BCUT2D eigenvalue weighted by molar-refractivity contribution is 5.91. The Labute approximate surface area is 198 Å². The van der Waals surface area contributed by atoms with Gasteiger partial charge in [0.15, 0.2) is 5.82 Å². The van der Waals surface area contributed by atoms with Crippen molar-refractivity contribution in [3.8, 4) is 33.9 Å². The van der Waals surface area contributed by atoms with Gasteiger partial charge in [0, 0.05) is 29.4 Å². The average Bonchev–Trinajstić information content (AvgIpc) is 3.29. The molecule has 5 rings (SSSR count). The standard InChI is InChI=1S/C29H23N3O2/c1-30-25-19-11-18-24(20-25)28-31-26(21-12-5-2-6-13-21)27(22-14-7-3-8-15-22)32(28)34-29(33)23-16-9-4-10-17-23/h2-20,30H,1H3. The Balaban J connectivity index is 1.76. The van der Waals surface area contributed by atoms with Crippen LogP contribution in [-0.4, -0.2) is 22.7 Å². The van der Waals surface area contributed by atoms with Crippen molar-refractivity contribution in [2.75, 3.05) is 12.4 Å². The van der Waals surface area contributed by atoms with E-state index in [0.29, 0.717) is 17.1 Å². The van der Waals surface area contributed by atoms with Crippen LogP contribution >= 0.6 is 0 Å². The maximum absolute atomic E-state index is 13.2. The molecule has 5 nitrogen and oxygen atoms in total. The second kappa shape index (κ2) is 9.46. The third-order valence-corrected chi connectivity index (χ3v) is 5.53. The van der Waals surface area contributed by atoms with Crippen molar-refractivity contribution in [2.45, 2.75) is 0 Å². The molecule has 0 fully saturated rings. The van der Waals surface area contributed by atoms with Gasteiger partial charge in [-0.15, -0.1) is 0 Å². The summed E-state index contributed by atoms with van der Waals surface area (Å²) in [6, 6.07) is 36.6. The Hall–Kier alpha value is -4.64. The molecule has 166 valence electrons. The molecule has 1 N–H and O–H groups in total. The van der Waals surface area contributed by atoms with Crippen LogP contribution in [-0.2, 0) is 0 Å². The number of hydrogen-bond acceptors (Lipinski definition) is 4. The molecule has 1 heterocycles. The third kappa shape index (κ3) is 4.19. The van der Waals surface area contributed by atoms with Crippen LogP contribution in [0.4, 0.5) is 5.69 Å². The van der Waals surface area contributed by atoms with Gasteiger partial charge < -0.3 is 10.2 Å². The molecule has 0 atom stereocenters. The van der Waals surface area contributed by atoms with Gasteiger partial charge in [0.05, 0.1) is 5.56 Å². The van der Waals surface area contributed by atoms with Crippen molar-refractivity contribution in [2.24, 2.45) is 0 Å². The summed E-state index contributed by atoms with van der Waals surface area (Å²) in [4.78, 5) is 24.2. The first kappa shape index (κ1) is 21.2. The molecular weight excluding hydrogens is 422 g/mol. The smallest absolute Gasteiger partial charge is 0.363 e. The van der Waals surface area contributed by atoms with E-state index in [9.17, 15) is 4.79 Å². The van der Waals surface area contributed by atoms with Crippen LogP contribution in [0.2, 0.25) is 0 Å². The molecule has 0 aliphatic rings. The van der Waals surface area contributed by atoms with E-state index in [2.05, 4.69) is 5.32 Å². The third-order valence-electron chi connectivity index (χ3n) is 5.53. The van der Waals surface area contributed by atoms with Gasteiger partial charge in [0.2, 0.25) is 0 Å². The monoisotopic (exact) mass is 445 g/mol. The number of nitrogens with one attached hydrogen (secondary N) is 1. The zero-order valence-corrected chi connectivity index (χ0v) is 18.7. The highest BCUT2D eigenvalue weighted by atomic mass is 16.7. The normalized spacial score (nSPS) is 10.6. The fraction of sp³-hybridized carbons (Fsp3) is 0.0345. The minimum atomic E-state index is -0.458. The van der Waals surface area contributed by atoms with E-state index >= 15 is 0 Å². The number of carbonyl (C=O) groups is 1. The minimum Gasteiger partial charge on any atom is -0.388 e. The van der Waals surface area contributed by atoms with Crippen molar-refractivity contribution < 1.29 is 9.63 Å². The molecule has 0 spiro atoms. The molecule has 0 radical (unpaired) electrons. The second-order valence-corrected chi connectivity index (χ2v) is 7.73. The number of nitrogens with zero attached hydrogens (tertiary/aromatic N) is 2. The highest BCUT2D eigenvalue weighted by Crippen LogP contribution is 2.36. The van der Waals surface area contributed by atoms with E-state index in [1.165, 1.54) is 0 Å². The predicted molar refractivity (Wildman–Crippen MR) is 135 cm³/mol. The van der Waals surface area contributed by atoms with E-state index in [1.807, 2.05) is 110 Å². The van der Waals surface area contributed by atoms with Crippen LogP contribution in [0.25, 0.3) is 33.9 Å². The van der Waals surface area contributed by atoms with Gasteiger partial charge >= 0.3 is 5.97 Å². The molecule has 5 heteroatoms. The molecular formula is C29H23N3O2. The van der Waals surface area contributed by atoms with E-state index < -0.39 is 5.97 Å². The van der Waals surface area contributed by atoms with Crippen molar-refractivity contribution in [3.63, 3.8) is 0 Å². The number of rotatable bonds is 6. The maximum Gasteiger partial charge on any atom is 0.363 e. The van der Waals surface area contributed by atoms with Crippen LogP contribution in [0.15, 0.2) is 115 Å². The summed E-state index contributed by atoms with van der Waals surface area (Å²) in [5, 5.41) is 3.16. The first-order valence-electron chi connectivity index (χ1n) is 11.0. The van der Waals surface area contributed by atoms with Gasteiger partial charge in [-0.25, -0.2) is 9.78 Å². The molecule has 0 aliphatic carbocycles. The molecule has 0 aliphatic heterocycles. The Morgan fingerprint density at radius 1 is 0.735 bits per heavy atom. The summed E-state index contributed by atoms with van der Waals surface area (Å²) >= 11 is 0. The number of hydrogen-bond donors (Lipinski definition) is 1. The van der Waals surface area contributed by atoms with E-state index in [-0.39, 0.29) is 0 Å². The molecule has 0 saturated carbocycles. The molecule has 0 saturated heterocycles. The summed E-state index contributed by atoms with van der Waals surface area (Å²) in [6.07, 6.45) is 0. The number of benzene rings is 4. The fourth-order valence-electron chi connectivity index (χ4n) is 3.85. The molecule has 0 amide bonds. The predicted octanol–water partition coefficient (Wildman–Crippen LogP) is 6.19. The first-order chi connectivity index (χ1) is 16.7. The van der Waals surface area contributed by atoms with E-state index in [1.54, 1.807) is 16.9 Å². The SMILES string of the molecule is CNc1cccc(-c2nc(-c3ccccc3)c(-c3ccccc3)n2OC(=O)c2ccccc2)c1. The maximum atomic E-state index is 13.2. The molecule has 5 aromatic rings. The number of imidazole rings is 1. The van der Waals surface area contributed by atoms with Crippen molar-refractivity contribution in [3.05, 3.63) is 121 Å². The second-order valence-electron chi connectivity index (χ2n) is 7.73. The van der Waals surface area contributed by atoms with Gasteiger partial charge in [-0.05, 0) is 24.3 Å². The summed E-state index contributed by atoms with van der Waals surface area (Å²) < 4.78 is 1.56. The Morgan fingerprint density at radius 3 is 1.97 bits per heavy atom. The Morgan fingerprint density at radius 2 is 1.32 bits per heavy atom. The topological polar surface area (TPSA) is 56.1 Å². The average molecular weight is 446 g/mol. The number of carbonyl (C=O) groups excluding carboxylic acids is 1. The lowest BCUT2D eigenvalue weighted by Gasteiger charge is -2.13. The van der Waals surface area contributed by atoms with Gasteiger partial charge in [-0.2, -0.15) is 4.73 Å². The van der Waals surface area contributed by atoms with E-state index in [4.69, 9.17) is 9.82 Å². The van der Waals surface area contributed by atoms with Gasteiger partial charge in [-0.1, -0.05) is 91.0 Å². The number of anilines is 1. The molecule has 0 unspecified atom stereocenters. The quantitative estimate of drug-likeness (QED) is 0.338. The highest BCUT2D eigenvalue weighted by Gasteiger charge is 2.24. The summed E-state index contributed by atoms with van der Waals surface area (Å²) in [5.41, 5.74) is 5.49. The summed E-state index contributed by atoms with van der Waals surface area (Å²) in [7, 11) is 1.87.